The first kappa shape index (κ1) is 39.7. The number of fused-ring (bicyclic) bond motifs is 2. The zero-order valence-corrected chi connectivity index (χ0v) is 32.9. The van der Waals surface area contributed by atoms with Crippen molar-refractivity contribution < 1.29 is 27.8 Å². The Morgan fingerprint density at radius 2 is 1.10 bits per heavy atom. The van der Waals surface area contributed by atoms with Crippen LogP contribution in [0.4, 0.5) is 29.7 Å². The second-order valence-corrected chi connectivity index (χ2v) is 18.5. The summed E-state index contributed by atoms with van der Waals surface area (Å²) in [5.41, 5.74) is 11.4. The van der Waals surface area contributed by atoms with Gasteiger partial charge in [0.2, 0.25) is 0 Å². The highest BCUT2D eigenvalue weighted by atomic mass is 32.2. The molecule has 2 amide bonds. The largest absolute Gasteiger partial charge is 0.444 e. The molecular weight excluding hydrogens is 707 g/mol. The second kappa shape index (κ2) is 15.1. The molecule has 6 atom stereocenters. The Labute approximate surface area is 314 Å². The number of hydrogen-bond acceptors (Lipinski definition) is 10. The summed E-state index contributed by atoms with van der Waals surface area (Å²) in [5.74, 6) is 2.21. The van der Waals surface area contributed by atoms with Gasteiger partial charge in [0.15, 0.2) is 10.3 Å². The predicted molar refractivity (Wildman–Crippen MR) is 207 cm³/mol. The lowest BCUT2D eigenvalue weighted by Crippen LogP contribution is -2.42. The van der Waals surface area contributed by atoms with Crippen LogP contribution in [0.15, 0.2) is 46.4 Å². The number of carbonyl (C=O) groups excluding carboxylic acids is 2. The average molecular weight is 759 g/mol. The Kier molecular flexibility index (Phi) is 11.5. The highest BCUT2D eigenvalue weighted by molar-refractivity contribution is 8.14. The molecule has 2 aliphatic carbocycles. The van der Waals surface area contributed by atoms with Gasteiger partial charge in [0.05, 0.1) is 11.1 Å². The number of halogens is 2. The molecule has 4 aliphatic rings. The van der Waals surface area contributed by atoms with Crippen molar-refractivity contribution in [3.8, 4) is 0 Å². The lowest BCUT2D eigenvalue weighted by molar-refractivity contribution is 0.0552. The Hall–Kier alpha value is -3.52. The summed E-state index contributed by atoms with van der Waals surface area (Å²) in [6.07, 6.45) is 2.33. The molecule has 2 aliphatic heterocycles. The molecule has 14 heteroatoms. The van der Waals surface area contributed by atoms with Gasteiger partial charge in [-0.1, -0.05) is 37.4 Å². The molecule has 0 spiro atoms. The standard InChI is InChI=1S/2C19H26FN3O2S/c2*1-11-7-12-10-26-16(22-17(24)25-18(2,3)4)23-19(12,9-11)14-8-13(21)5-6-15(14)20/h2*5-6,8,11-12H,7,9-10,21H2,1-4H3,(H,22,23,24)/t2*11-,12+,19+/m10/s1. The van der Waals surface area contributed by atoms with Crippen molar-refractivity contribution in [3.05, 3.63) is 59.2 Å². The lowest BCUT2D eigenvalue weighted by Gasteiger charge is -2.37. The van der Waals surface area contributed by atoms with E-state index < -0.39 is 34.5 Å². The van der Waals surface area contributed by atoms with Crippen LogP contribution in [0, 0.1) is 35.3 Å². The van der Waals surface area contributed by atoms with Crippen LogP contribution in [0.3, 0.4) is 0 Å². The van der Waals surface area contributed by atoms with E-state index in [0.717, 1.165) is 37.2 Å². The summed E-state index contributed by atoms with van der Waals surface area (Å²) >= 11 is 2.97. The van der Waals surface area contributed by atoms with Crippen LogP contribution in [0.2, 0.25) is 0 Å². The third kappa shape index (κ3) is 9.15. The molecule has 0 unspecified atom stereocenters. The topological polar surface area (TPSA) is 153 Å². The zero-order chi connectivity index (χ0) is 38.2. The first-order chi connectivity index (χ1) is 24.2. The quantitative estimate of drug-likeness (QED) is 0.222. The number of nitrogen functional groups attached to an aromatic ring is 2. The van der Waals surface area contributed by atoms with Crippen molar-refractivity contribution in [3.63, 3.8) is 0 Å². The zero-order valence-electron chi connectivity index (χ0n) is 31.3. The number of alkyl carbamates (subject to hydrolysis) is 2. The molecule has 2 aromatic rings. The van der Waals surface area contributed by atoms with Gasteiger partial charge in [-0.3, -0.25) is 20.6 Å². The smallest absolute Gasteiger partial charge is 0.413 e. The monoisotopic (exact) mass is 758 g/mol. The molecular formula is C38H52F2N6O4S2. The number of amides is 2. The number of hydrogen-bond donors (Lipinski definition) is 4. The lowest BCUT2D eigenvalue weighted by atomic mass is 9.81. The van der Waals surface area contributed by atoms with Gasteiger partial charge in [0.1, 0.15) is 22.8 Å². The number of thioether (sulfide) groups is 2. The molecule has 6 rings (SSSR count). The van der Waals surface area contributed by atoms with Crippen LogP contribution in [0.1, 0.15) is 92.2 Å². The van der Waals surface area contributed by atoms with Crippen LogP contribution in [-0.2, 0) is 20.6 Å². The number of rotatable bonds is 2. The van der Waals surface area contributed by atoms with E-state index in [1.807, 2.05) is 0 Å². The SMILES string of the molecule is C[C@@H]1C[C@H]2CSC(NC(=O)OC(C)(C)C)=N[C@@]2(c2cc(N)ccc2F)C1.C[C@H]1C[C@@H]2CSC(NC(=O)OC(C)(C)C)=N[C@]2(c2cc(N)ccc2F)C1. The molecule has 2 fully saturated rings. The number of nitrogens with zero attached hydrogens (tertiary/aromatic N) is 2. The maximum atomic E-state index is 14.7. The van der Waals surface area contributed by atoms with Crippen LogP contribution in [0.5, 0.6) is 0 Å². The van der Waals surface area contributed by atoms with Crippen molar-refractivity contribution in [2.75, 3.05) is 23.0 Å². The number of amidine groups is 2. The van der Waals surface area contributed by atoms with Crippen molar-refractivity contribution >= 4 is 57.4 Å². The van der Waals surface area contributed by atoms with E-state index in [-0.39, 0.29) is 23.5 Å². The highest BCUT2D eigenvalue weighted by Gasteiger charge is 2.52. The number of carbonyl (C=O) groups is 2. The number of nitrogens with two attached hydrogens (primary N) is 2. The Bertz CT molecular complexity index is 1620. The maximum absolute atomic E-state index is 14.7. The van der Waals surface area contributed by atoms with E-state index in [1.165, 1.54) is 35.7 Å². The minimum atomic E-state index is -0.686. The molecule has 10 nitrogen and oxygen atoms in total. The van der Waals surface area contributed by atoms with Gasteiger partial charge in [0, 0.05) is 34.0 Å². The van der Waals surface area contributed by atoms with Gasteiger partial charge in [-0.2, -0.15) is 0 Å². The van der Waals surface area contributed by atoms with Crippen LogP contribution in [0.25, 0.3) is 0 Å². The molecule has 0 saturated heterocycles. The molecule has 2 saturated carbocycles. The fraction of sp³-hybridized carbons (Fsp3) is 0.579. The maximum Gasteiger partial charge on any atom is 0.413 e. The van der Waals surface area contributed by atoms with E-state index in [4.69, 9.17) is 30.9 Å². The van der Waals surface area contributed by atoms with E-state index in [9.17, 15) is 18.4 Å². The highest BCUT2D eigenvalue weighted by Crippen LogP contribution is 2.55. The third-order valence-corrected chi connectivity index (χ3v) is 11.7. The Morgan fingerprint density at radius 1 is 0.731 bits per heavy atom. The molecule has 6 N–H and O–H groups in total. The van der Waals surface area contributed by atoms with Gasteiger partial charge >= 0.3 is 12.2 Å². The average Bonchev–Trinajstić information content (AvgIpc) is 3.53. The summed E-state index contributed by atoms with van der Waals surface area (Å²) in [7, 11) is 0. The number of anilines is 2. The fourth-order valence-electron chi connectivity index (χ4n) is 7.83. The van der Waals surface area contributed by atoms with Gasteiger partial charge in [-0.25, -0.2) is 18.4 Å². The predicted octanol–water partition coefficient (Wildman–Crippen LogP) is 8.55. The summed E-state index contributed by atoms with van der Waals surface area (Å²) in [6.45, 7) is 15.2. The Balaban J connectivity index is 0.000000201. The van der Waals surface area contributed by atoms with E-state index in [1.54, 1.807) is 65.8 Å². The van der Waals surface area contributed by atoms with Crippen molar-refractivity contribution in [1.82, 2.24) is 10.6 Å². The van der Waals surface area contributed by atoms with Gasteiger partial charge in [0.25, 0.3) is 0 Å². The van der Waals surface area contributed by atoms with E-state index in [2.05, 4.69) is 24.5 Å². The van der Waals surface area contributed by atoms with Crippen molar-refractivity contribution in [2.24, 2.45) is 33.7 Å². The van der Waals surface area contributed by atoms with Crippen molar-refractivity contribution in [2.45, 2.75) is 103 Å². The number of nitrogens with one attached hydrogen (secondary N) is 2. The molecule has 284 valence electrons. The summed E-state index contributed by atoms with van der Waals surface area (Å²) in [5, 5.41) is 6.42. The van der Waals surface area contributed by atoms with Crippen LogP contribution >= 0.6 is 23.5 Å². The first-order valence-corrected chi connectivity index (χ1v) is 19.7. The molecule has 2 heterocycles. The minimum absolute atomic E-state index is 0.211. The molecule has 0 aromatic heterocycles. The molecule has 2 aromatic carbocycles. The Morgan fingerprint density at radius 3 is 1.44 bits per heavy atom. The normalized spacial score (nSPS) is 28.3. The molecule has 0 bridgehead atoms. The summed E-state index contributed by atoms with van der Waals surface area (Å²) in [4.78, 5) is 33.9. The summed E-state index contributed by atoms with van der Waals surface area (Å²) < 4.78 is 40.0. The fourth-order valence-corrected chi connectivity index (χ4v) is 10.1. The van der Waals surface area contributed by atoms with Gasteiger partial charge in [-0.05, 0) is 127 Å². The number of benzene rings is 2. The van der Waals surface area contributed by atoms with Crippen LogP contribution < -0.4 is 22.1 Å². The molecule has 52 heavy (non-hydrogen) atoms. The number of ether oxygens (including phenoxy) is 2. The third-order valence-electron chi connectivity index (χ3n) is 9.62. The molecule has 0 radical (unpaired) electrons. The van der Waals surface area contributed by atoms with E-state index in [0.29, 0.717) is 44.7 Å². The van der Waals surface area contributed by atoms with Gasteiger partial charge in [-0.15, -0.1) is 0 Å². The minimum Gasteiger partial charge on any atom is -0.444 e. The van der Waals surface area contributed by atoms with Crippen molar-refractivity contribution in [1.29, 1.82) is 0 Å². The van der Waals surface area contributed by atoms with E-state index >= 15 is 0 Å². The van der Waals surface area contributed by atoms with Gasteiger partial charge < -0.3 is 20.9 Å². The summed E-state index contributed by atoms with van der Waals surface area (Å²) in [6, 6.07) is 9.29. The second-order valence-electron chi connectivity index (χ2n) is 16.5. The first-order valence-electron chi connectivity index (χ1n) is 17.7. The van der Waals surface area contributed by atoms with Crippen LogP contribution in [-0.4, -0.2) is 45.2 Å². The number of aliphatic imine (C=N–C) groups is 2.